The zero-order chi connectivity index (χ0) is 20.2. The number of aliphatic hydroxyl groups excluding tert-OH is 1. The van der Waals surface area contributed by atoms with E-state index in [9.17, 15) is 9.59 Å². The van der Waals surface area contributed by atoms with Crippen molar-refractivity contribution in [3.8, 4) is 0 Å². The Labute approximate surface area is 166 Å². The Morgan fingerprint density at radius 2 is 1.22 bits per heavy atom. The van der Waals surface area contributed by atoms with Gasteiger partial charge in [0.2, 0.25) is 0 Å². The summed E-state index contributed by atoms with van der Waals surface area (Å²) < 4.78 is 9.84. The van der Waals surface area contributed by atoms with E-state index >= 15 is 0 Å². The molecular formula is C22H42O5. The lowest BCUT2D eigenvalue weighted by Crippen LogP contribution is -2.27. The lowest BCUT2D eigenvalue weighted by molar-refractivity contribution is -0.159. The predicted octanol–water partition coefficient (Wildman–Crippen LogP) is 5.33. The Morgan fingerprint density at radius 1 is 0.778 bits per heavy atom. The maximum atomic E-state index is 11.6. The Morgan fingerprint density at radius 3 is 1.63 bits per heavy atom. The summed E-state index contributed by atoms with van der Waals surface area (Å²) in [6.45, 7) is 3.10. The molecule has 0 unspecified atom stereocenters. The number of unbranched alkanes of at least 4 members (excludes halogenated alkanes) is 13. The van der Waals surface area contributed by atoms with Gasteiger partial charge in [0, 0.05) is 13.3 Å². The van der Waals surface area contributed by atoms with Crippen LogP contribution in [0.15, 0.2) is 0 Å². The van der Waals surface area contributed by atoms with Gasteiger partial charge in [-0.3, -0.25) is 9.59 Å². The maximum absolute atomic E-state index is 11.6. The zero-order valence-electron chi connectivity index (χ0n) is 17.7. The first kappa shape index (κ1) is 25.9. The molecule has 0 saturated carbocycles. The minimum atomic E-state index is -0.761. The second-order valence-corrected chi connectivity index (χ2v) is 7.44. The number of hydrogen-bond donors (Lipinski definition) is 1. The van der Waals surface area contributed by atoms with Crippen LogP contribution in [0.3, 0.4) is 0 Å². The number of esters is 2. The molecular weight excluding hydrogens is 344 g/mol. The van der Waals surface area contributed by atoms with Crippen LogP contribution in [0.25, 0.3) is 0 Å². The SMILES string of the molecule is CCCCCCCCCCCCCCCCC(=O)OC[C@H](CO)OC(C)=O. The third kappa shape index (κ3) is 19.5. The third-order valence-corrected chi connectivity index (χ3v) is 4.70. The fourth-order valence-electron chi connectivity index (χ4n) is 3.08. The molecule has 0 amide bonds. The Bertz CT molecular complexity index is 357. The van der Waals surface area contributed by atoms with Gasteiger partial charge in [-0.05, 0) is 6.42 Å². The van der Waals surface area contributed by atoms with Crippen LogP contribution >= 0.6 is 0 Å². The summed E-state index contributed by atoms with van der Waals surface area (Å²) in [4.78, 5) is 22.4. The number of ether oxygens (including phenoxy) is 2. The highest BCUT2D eigenvalue weighted by molar-refractivity contribution is 5.69. The maximum Gasteiger partial charge on any atom is 0.305 e. The number of aliphatic hydroxyl groups is 1. The lowest BCUT2D eigenvalue weighted by Gasteiger charge is -2.14. The Balaban J connectivity index is 3.32. The van der Waals surface area contributed by atoms with E-state index in [2.05, 4.69) is 6.92 Å². The van der Waals surface area contributed by atoms with Crippen molar-refractivity contribution >= 4 is 11.9 Å². The first-order valence-electron chi connectivity index (χ1n) is 11.0. The van der Waals surface area contributed by atoms with E-state index in [0.29, 0.717) is 6.42 Å². The van der Waals surface area contributed by atoms with Crippen LogP contribution in [0.1, 0.15) is 110 Å². The number of carbonyl (C=O) groups is 2. The standard InChI is InChI=1S/C22H42O5/c1-3-4-5-6-7-8-9-10-11-12-13-14-15-16-17-22(25)26-19-21(18-23)27-20(2)24/h21,23H,3-19H2,1-2H3/t21-/m0/s1. The van der Waals surface area contributed by atoms with E-state index in [1.54, 1.807) is 0 Å². The molecule has 27 heavy (non-hydrogen) atoms. The molecule has 0 heterocycles. The summed E-state index contributed by atoms with van der Waals surface area (Å²) in [6, 6.07) is 0. The first-order valence-corrected chi connectivity index (χ1v) is 11.0. The van der Waals surface area contributed by atoms with Crippen LogP contribution < -0.4 is 0 Å². The monoisotopic (exact) mass is 386 g/mol. The molecule has 0 aromatic carbocycles. The molecule has 160 valence electrons. The normalized spacial score (nSPS) is 12.0. The largest absolute Gasteiger partial charge is 0.462 e. The summed E-state index contributed by atoms with van der Waals surface area (Å²) in [5.74, 6) is -0.781. The highest BCUT2D eigenvalue weighted by Gasteiger charge is 2.13. The highest BCUT2D eigenvalue weighted by Crippen LogP contribution is 2.13. The lowest BCUT2D eigenvalue weighted by atomic mass is 10.0. The highest BCUT2D eigenvalue weighted by atomic mass is 16.6. The van der Waals surface area contributed by atoms with Crippen LogP contribution in [-0.4, -0.2) is 36.4 Å². The van der Waals surface area contributed by atoms with Gasteiger partial charge in [-0.2, -0.15) is 0 Å². The average molecular weight is 387 g/mol. The zero-order valence-corrected chi connectivity index (χ0v) is 17.7. The van der Waals surface area contributed by atoms with Crippen LogP contribution in [0.4, 0.5) is 0 Å². The van der Waals surface area contributed by atoms with Gasteiger partial charge in [-0.15, -0.1) is 0 Å². The van der Waals surface area contributed by atoms with E-state index in [1.807, 2.05) is 0 Å². The van der Waals surface area contributed by atoms with Crippen molar-refractivity contribution in [3.05, 3.63) is 0 Å². The van der Waals surface area contributed by atoms with Crippen LogP contribution in [0.5, 0.6) is 0 Å². The van der Waals surface area contributed by atoms with Crippen molar-refractivity contribution in [3.63, 3.8) is 0 Å². The molecule has 0 aromatic heterocycles. The van der Waals surface area contributed by atoms with Gasteiger partial charge in [0.1, 0.15) is 6.61 Å². The summed E-state index contributed by atoms with van der Waals surface area (Å²) in [5, 5.41) is 9.03. The fourth-order valence-corrected chi connectivity index (χ4v) is 3.08. The van der Waals surface area contributed by atoms with Crippen molar-refractivity contribution in [2.24, 2.45) is 0 Å². The average Bonchev–Trinajstić information content (AvgIpc) is 2.65. The van der Waals surface area contributed by atoms with Gasteiger partial charge < -0.3 is 14.6 Å². The molecule has 1 N–H and O–H groups in total. The molecule has 0 aliphatic rings. The van der Waals surface area contributed by atoms with Crippen LogP contribution in [0, 0.1) is 0 Å². The molecule has 0 bridgehead atoms. The second-order valence-electron chi connectivity index (χ2n) is 7.44. The molecule has 0 fully saturated rings. The van der Waals surface area contributed by atoms with Gasteiger partial charge >= 0.3 is 11.9 Å². The van der Waals surface area contributed by atoms with Gasteiger partial charge in [0.25, 0.3) is 0 Å². The Kier molecular flexibility index (Phi) is 18.9. The third-order valence-electron chi connectivity index (χ3n) is 4.70. The van der Waals surface area contributed by atoms with Crippen molar-refractivity contribution in [2.75, 3.05) is 13.2 Å². The first-order chi connectivity index (χ1) is 13.1. The van der Waals surface area contributed by atoms with Gasteiger partial charge in [0.05, 0.1) is 6.61 Å². The van der Waals surface area contributed by atoms with E-state index in [-0.39, 0.29) is 19.2 Å². The van der Waals surface area contributed by atoms with Gasteiger partial charge in [-0.25, -0.2) is 0 Å². The molecule has 0 aliphatic heterocycles. The second kappa shape index (κ2) is 19.7. The number of carbonyl (C=O) groups excluding carboxylic acids is 2. The molecule has 0 saturated heterocycles. The van der Waals surface area contributed by atoms with Crippen molar-refractivity contribution in [2.45, 2.75) is 116 Å². The van der Waals surface area contributed by atoms with Crippen molar-refractivity contribution in [1.82, 2.24) is 0 Å². The molecule has 0 rings (SSSR count). The summed E-state index contributed by atoms with van der Waals surface area (Å²) in [7, 11) is 0. The number of hydrogen-bond acceptors (Lipinski definition) is 5. The van der Waals surface area contributed by atoms with E-state index in [0.717, 1.165) is 19.3 Å². The van der Waals surface area contributed by atoms with Crippen molar-refractivity contribution < 1.29 is 24.2 Å². The van der Waals surface area contributed by atoms with Gasteiger partial charge in [0.15, 0.2) is 6.10 Å². The fraction of sp³-hybridized carbons (Fsp3) is 0.909. The smallest absolute Gasteiger partial charge is 0.305 e. The molecule has 5 heteroatoms. The quantitative estimate of drug-likeness (QED) is 0.240. The minimum absolute atomic E-state index is 0.0759. The Hall–Kier alpha value is -1.10. The topological polar surface area (TPSA) is 72.8 Å². The van der Waals surface area contributed by atoms with Crippen LogP contribution in [0.2, 0.25) is 0 Å². The molecule has 0 aromatic rings. The summed E-state index contributed by atoms with van der Waals surface area (Å²) >= 11 is 0. The predicted molar refractivity (Wildman–Crippen MR) is 109 cm³/mol. The van der Waals surface area contributed by atoms with Crippen molar-refractivity contribution in [1.29, 1.82) is 0 Å². The van der Waals surface area contributed by atoms with Gasteiger partial charge in [-0.1, -0.05) is 90.4 Å². The molecule has 5 nitrogen and oxygen atoms in total. The molecule has 1 atom stereocenters. The van der Waals surface area contributed by atoms with E-state index in [1.165, 1.54) is 77.6 Å². The minimum Gasteiger partial charge on any atom is -0.462 e. The van der Waals surface area contributed by atoms with E-state index in [4.69, 9.17) is 14.6 Å². The van der Waals surface area contributed by atoms with Crippen LogP contribution in [-0.2, 0) is 19.1 Å². The molecule has 0 radical (unpaired) electrons. The molecule has 0 aliphatic carbocycles. The number of rotatable bonds is 19. The summed E-state index contributed by atoms with van der Waals surface area (Å²) in [5.41, 5.74) is 0. The molecule has 0 spiro atoms. The summed E-state index contributed by atoms with van der Waals surface area (Å²) in [6.07, 6.45) is 17.5. The van der Waals surface area contributed by atoms with E-state index < -0.39 is 12.1 Å².